The van der Waals surface area contributed by atoms with Crippen LogP contribution in [0.3, 0.4) is 0 Å². The van der Waals surface area contributed by atoms with Gasteiger partial charge in [0.1, 0.15) is 4.21 Å². The molecule has 0 atom stereocenters. The predicted octanol–water partition coefficient (Wildman–Crippen LogP) is 3.54. The van der Waals surface area contributed by atoms with Gasteiger partial charge in [0.15, 0.2) is 0 Å². The van der Waals surface area contributed by atoms with Gasteiger partial charge in [-0.3, -0.25) is 9.10 Å². The Balaban J connectivity index is 1.41. The molecule has 8 heteroatoms. The van der Waals surface area contributed by atoms with Gasteiger partial charge in [-0.15, -0.1) is 11.3 Å². The quantitative estimate of drug-likeness (QED) is 0.608. The van der Waals surface area contributed by atoms with Gasteiger partial charge in [0.2, 0.25) is 0 Å². The number of carbonyl (C=O) groups excluding carboxylic acids is 1. The Morgan fingerprint density at radius 3 is 2.17 bits per heavy atom. The highest BCUT2D eigenvalue weighted by Gasteiger charge is 2.24. The van der Waals surface area contributed by atoms with Crippen LogP contribution >= 0.6 is 11.3 Å². The number of piperazine rings is 1. The Hall–Kier alpha value is -2.84. The molecule has 30 heavy (non-hydrogen) atoms. The minimum atomic E-state index is -3.58. The number of hydrogen-bond donors (Lipinski definition) is 0. The van der Waals surface area contributed by atoms with Gasteiger partial charge in [0, 0.05) is 44.5 Å². The molecule has 1 fully saturated rings. The average Bonchev–Trinajstić information content (AvgIpc) is 3.35. The van der Waals surface area contributed by atoms with Crippen LogP contribution in [0.5, 0.6) is 0 Å². The molecule has 1 aliphatic heterocycles. The molecule has 1 amide bonds. The van der Waals surface area contributed by atoms with E-state index in [2.05, 4.69) is 17.0 Å². The summed E-state index contributed by atoms with van der Waals surface area (Å²) in [5.74, 6) is -0.0296. The van der Waals surface area contributed by atoms with Crippen molar-refractivity contribution in [1.29, 1.82) is 0 Å². The van der Waals surface area contributed by atoms with Gasteiger partial charge in [-0.2, -0.15) is 0 Å². The third-order valence-corrected chi connectivity index (χ3v) is 8.43. The molecular weight excluding hydrogens is 418 g/mol. The van der Waals surface area contributed by atoms with Gasteiger partial charge in [-0.05, 0) is 47.8 Å². The largest absolute Gasteiger partial charge is 0.368 e. The van der Waals surface area contributed by atoms with E-state index in [1.807, 2.05) is 23.1 Å². The number of nitrogens with zero attached hydrogens (tertiary/aromatic N) is 3. The maximum Gasteiger partial charge on any atom is 0.273 e. The molecule has 156 valence electrons. The molecule has 0 spiro atoms. The third kappa shape index (κ3) is 4.06. The second-order valence-electron chi connectivity index (χ2n) is 7.07. The first kappa shape index (κ1) is 20.4. The Labute approximate surface area is 181 Å². The molecule has 4 rings (SSSR count). The van der Waals surface area contributed by atoms with Gasteiger partial charge in [0.05, 0.1) is 5.69 Å². The van der Waals surface area contributed by atoms with E-state index in [9.17, 15) is 13.2 Å². The maximum absolute atomic E-state index is 12.9. The number of sulfonamides is 1. The smallest absolute Gasteiger partial charge is 0.273 e. The van der Waals surface area contributed by atoms with Crippen molar-refractivity contribution < 1.29 is 13.2 Å². The second kappa shape index (κ2) is 8.49. The monoisotopic (exact) mass is 441 g/mol. The van der Waals surface area contributed by atoms with Crippen LogP contribution in [0.25, 0.3) is 0 Å². The van der Waals surface area contributed by atoms with E-state index in [0.717, 1.165) is 13.1 Å². The lowest BCUT2D eigenvalue weighted by Gasteiger charge is -2.36. The highest BCUT2D eigenvalue weighted by molar-refractivity contribution is 7.94. The molecule has 0 saturated carbocycles. The molecule has 0 unspecified atom stereocenters. The van der Waals surface area contributed by atoms with Crippen LogP contribution in [0.15, 0.2) is 76.3 Å². The molecule has 3 aromatic rings. The van der Waals surface area contributed by atoms with Crippen molar-refractivity contribution >= 4 is 38.6 Å². The van der Waals surface area contributed by atoms with Gasteiger partial charge in [0.25, 0.3) is 15.9 Å². The van der Waals surface area contributed by atoms with Crippen LogP contribution in [0.2, 0.25) is 0 Å². The number of rotatable bonds is 5. The molecule has 6 nitrogen and oxygen atoms in total. The number of carbonyl (C=O) groups is 1. The summed E-state index contributed by atoms with van der Waals surface area (Å²) in [6, 6.07) is 20.2. The third-order valence-electron chi connectivity index (χ3n) is 5.28. The number of hydrogen-bond acceptors (Lipinski definition) is 5. The molecule has 1 aliphatic rings. The summed E-state index contributed by atoms with van der Waals surface area (Å²) < 4.78 is 26.9. The Morgan fingerprint density at radius 2 is 1.57 bits per heavy atom. The first-order valence-corrected chi connectivity index (χ1v) is 12.0. The van der Waals surface area contributed by atoms with Gasteiger partial charge < -0.3 is 9.80 Å². The summed E-state index contributed by atoms with van der Waals surface area (Å²) in [5, 5.41) is 1.74. The first-order chi connectivity index (χ1) is 14.5. The van der Waals surface area contributed by atoms with Crippen molar-refractivity contribution in [3.63, 3.8) is 0 Å². The summed E-state index contributed by atoms with van der Waals surface area (Å²) in [7, 11) is -2.06. The molecular formula is C22H23N3O3S2. The minimum Gasteiger partial charge on any atom is -0.368 e. The Morgan fingerprint density at radius 1 is 0.900 bits per heavy atom. The summed E-state index contributed by atoms with van der Waals surface area (Å²) in [6.07, 6.45) is 0. The summed E-state index contributed by atoms with van der Waals surface area (Å²) in [6.45, 7) is 2.88. The summed E-state index contributed by atoms with van der Waals surface area (Å²) >= 11 is 1.18. The number of anilines is 2. The van der Waals surface area contributed by atoms with Crippen LogP contribution in [-0.4, -0.2) is 52.5 Å². The van der Waals surface area contributed by atoms with Crippen LogP contribution in [0.1, 0.15) is 10.4 Å². The lowest BCUT2D eigenvalue weighted by Crippen LogP contribution is -2.48. The normalized spacial score (nSPS) is 14.6. The number of amides is 1. The topological polar surface area (TPSA) is 60.9 Å². The van der Waals surface area contributed by atoms with Crippen LogP contribution < -0.4 is 9.21 Å². The second-order valence-corrected chi connectivity index (χ2v) is 10.2. The van der Waals surface area contributed by atoms with E-state index < -0.39 is 10.0 Å². The van der Waals surface area contributed by atoms with Gasteiger partial charge in [-0.1, -0.05) is 24.3 Å². The molecule has 1 aromatic heterocycles. The van der Waals surface area contributed by atoms with Gasteiger partial charge >= 0.3 is 0 Å². The molecule has 0 radical (unpaired) electrons. The number of thiophene rings is 1. The molecule has 0 N–H and O–H groups in total. The van der Waals surface area contributed by atoms with Crippen molar-refractivity contribution in [2.24, 2.45) is 0 Å². The van der Waals surface area contributed by atoms with Crippen molar-refractivity contribution in [1.82, 2.24) is 4.90 Å². The Bertz CT molecular complexity index is 1090. The van der Waals surface area contributed by atoms with Crippen LogP contribution in [0, 0.1) is 0 Å². The van der Waals surface area contributed by atoms with E-state index in [0.29, 0.717) is 28.5 Å². The fraction of sp³-hybridized carbons (Fsp3) is 0.227. The Kier molecular flexibility index (Phi) is 5.78. The van der Waals surface area contributed by atoms with E-state index in [1.165, 1.54) is 28.4 Å². The molecule has 0 aliphatic carbocycles. The van der Waals surface area contributed by atoms with E-state index in [4.69, 9.17) is 0 Å². The van der Waals surface area contributed by atoms with E-state index in [1.54, 1.807) is 41.8 Å². The fourth-order valence-electron chi connectivity index (χ4n) is 3.49. The molecule has 2 aromatic carbocycles. The molecule has 2 heterocycles. The maximum atomic E-state index is 12.9. The summed E-state index contributed by atoms with van der Waals surface area (Å²) in [4.78, 5) is 17.0. The van der Waals surface area contributed by atoms with E-state index >= 15 is 0 Å². The van der Waals surface area contributed by atoms with Crippen molar-refractivity contribution in [3.8, 4) is 0 Å². The number of benzene rings is 2. The zero-order chi connectivity index (χ0) is 21.1. The highest BCUT2D eigenvalue weighted by Crippen LogP contribution is 2.25. The van der Waals surface area contributed by atoms with Crippen molar-refractivity contribution in [2.45, 2.75) is 4.21 Å². The SMILES string of the molecule is CN(c1ccc(C(=O)N2CCN(c3ccccc3)CC2)cc1)S(=O)(=O)c1cccs1. The molecule has 1 saturated heterocycles. The van der Waals surface area contributed by atoms with Crippen molar-refractivity contribution in [3.05, 3.63) is 77.7 Å². The van der Waals surface area contributed by atoms with Crippen molar-refractivity contribution in [2.75, 3.05) is 42.4 Å². The minimum absolute atomic E-state index is 0.0296. The van der Waals surface area contributed by atoms with Crippen LogP contribution in [0.4, 0.5) is 11.4 Å². The standard InChI is InChI=1S/C22H23N3O3S2/c1-23(30(27,28)21-8-5-17-29-21)19-11-9-18(10-12-19)22(26)25-15-13-24(14-16-25)20-6-3-2-4-7-20/h2-12,17H,13-16H2,1H3. The highest BCUT2D eigenvalue weighted by atomic mass is 32.2. The average molecular weight is 442 g/mol. The molecule has 0 bridgehead atoms. The number of para-hydroxylation sites is 1. The van der Waals surface area contributed by atoms with Crippen LogP contribution in [-0.2, 0) is 10.0 Å². The lowest BCUT2D eigenvalue weighted by atomic mass is 10.1. The zero-order valence-corrected chi connectivity index (χ0v) is 18.3. The van der Waals surface area contributed by atoms with E-state index in [-0.39, 0.29) is 5.91 Å². The summed E-state index contributed by atoms with van der Waals surface area (Å²) in [5.41, 5.74) is 2.26. The van der Waals surface area contributed by atoms with Gasteiger partial charge in [-0.25, -0.2) is 8.42 Å². The fourth-order valence-corrected chi connectivity index (χ4v) is 5.84. The zero-order valence-electron chi connectivity index (χ0n) is 16.6. The first-order valence-electron chi connectivity index (χ1n) is 9.68. The predicted molar refractivity (Wildman–Crippen MR) is 121 cm³/mol. The lowest BCUT2D eigenvalue weighted by molar-refractivity contribution is 0.0747.